The van der Waals surface area contributed by atoms with Crippen LogP contribution in [0.5, 0.6) is 0 Å². The quantitative estimate of drug-likeness (QED) is 0.176. The van der Waals surface area contributed by atoms with Gasteiger partial charge in [0.2, 0.25) is 15.9 Å². The average molecular weight is 551 g/mol. The number of amides is 1. The molecular formula is C29H34N4O3S2. The van der Waals surface area contributed by atoms with E-state index < -0.39 is 10.0 Å². The summed E-state index contributed by atoms with van der Waals surface area (Å²) in [5.41, 5.74) is 3.73. The van der Waals surface area contributed by atoms with Gasteiger partial charge in [0.25, 0.3) is 0 Å². The number of nitrogens with one attached hydrogen (secondary N) is 2. The Morgan fingerprint density at radius 2 is 1.71 bits per heavy atom. The molecule has 0 aromatic heterocycles. The summed E-state index contributed by atoms with van der Waals surface area (Å²) in [5, 5.41) is 16.6. The lowest BCUT2D eigenvalue weighted by Crippen LogP contribution is -2.33. The Balaban J connectivity index is 1.75. The van der Waals surface area contributed by atoms with Crippen LogP contribution in [-0.4, -0.2) is 36.6 Å². The van der Waals surface area contributed by atoms with E-state index in [2.05, 4.69) is 12.2 Å². The van der Waals surface area contributed by atoms with Crippen molar-refractivity contribution >= 4 is 39.0 Å². The molecule has 0 heterocycles. The van der Waals surface area contributed by atoms with Gasteiger partial charge < -0.3 is 10.2 Å². The van der Waals surface area contributed by atoms with Gasteiger partial charge in [0.1, 0.15) is 5.84 Å². The highest BCUT2D eigenvalue weighted by Crippen LogP contribution is 2.27. The minimum atomic E-state index is -3.86. The second-order valence-electron chi connectivity index (χ2n) is 9.06. The molecule has 0 unspecified atom stereocenters. The number of unbranched alkanes of at least 4 members (excludes halogenated alkanes) is 1. The van der Waals surface area contributed by atoms with Crippen LogP contribution in [0.3, 0.4) is 0 Å². The summed E-state index contributed by atoms with van der Waals surface area (Å²) >= 11 is 5.20. The molecule has 0 spiro atoms. The fourth-order valence-electron chi connectivity index (χ4n) is 4.03. The van der Waals surface area contributed by atoms with Crippen LogP contribution >= 0.6 is 12.2 Å². The zero-order chi connectivity index (χ0) is 27.7. The van der Waals surface area contributed by atoms with Crippen LogP contribution in [0, 0.1) is 5.41 Å². The molecule has 0 atom stereocenters. The van der Waals surface area contributed by atoms with Crippen LogP contribution < -0.4 is 10.5 Å². The van der Waals surface area contributed by atoms with Crippen molar-refractivity contribution in [1.82, 2.24) is 10.2 Å². The molecule has 0 saturated heterocycles. The molecule has 3 aromatic rings. The van der Waals surface area contributed by atoms with Crippen molar-refractivity contribution in [3.8, 4) is 11.1 Å². The summed E-state index contributed by atoms with van der Waals surface area (Å²) in [4.78, 5) is 15.8. The molecule has 9 heteroatoms. The van der Waals surface area contributed by atoms with Crippen LogP contribution in [0.25, 0.3) is 11.1 Å². The van der Waals surface area contributed by atoms with Gasteiger partial charge in [-0.3, -0.25) is 10.2 Å². The van der Waals surface area contributed by atoms with E-state index >= 15 is 0 Å². The van der Waals surface area contributed by atoms with Gasteiger partial charge in [-0.1, -0.05) is 93.1 Å². The number of amidine groups is 1. The smallest absolute Gasteiger partial charge is 0.238 e. The SMILES string of the molecule is CCCCN(Cc1cccc(C(=N)NC(=S)CC)c1)C(=O)Cc1ccc(-c2ccccc2S(N)(=O)=O)cc1. The predicted octanol–water partition coefficient (Wildman–Crippen LogP) is 5.02. The summed E-state index contributed by atoms with van der Waals surface area (Å²) < 4.78 is 24.0. The van der Waals surface area contributed by atoms with Crippen LogP contribution in [-0.2, 0) is 27.8 Å². The molecule has 0 saturated carbocycles. The number of carbonyl (C=O) groups excluding carboxylic acids is 1. The molecule has 200 valence electrons. The molecule has 0 aliphatic rings. The molecule has 0 aliphatic carbocycles. The van der Waals surface area contributed by atoms with Gasteiger partial charge in [-0.15, -0.1) is 0 Å². The van der Waals surface area contributed by atoms with E-state index in [-0.39, 0.29) is 23.1 Å². The normalized spacial score (nSPS) is 11.1. The Kier molecular flexibility index (Phi) is 10.3. The topological polar surface area (TPSA) is 116 Å². The van der Waals surface area contributed by atoms with Crippen molar-refractivity contribution in [3.05, 3.63) is 89.5 Å². The Labute approximate surface area is 230 Å². The van der Waals surface area contributed by atoms with Crippen molar-refractivity contribution < 1.29 is 13.2 Å². The summed E-state index contributed by atoms with van der Waals surface area (Å²) in [6.07, 6.45) is 2.74. The highest BCUT2D eigenvalue weighted by atomic mass is 32.2. The fourth-order valence-corrected chi connectivity index (χ4v) is 4.89. The number of benzene rings is 3. The maximum Gasteiger partial charge on any atom is 0.238 e. The maximum absolute atomic E-state index is 13.3. The maximum atomic E-state index is 13.3. The third kappa shape index (κ3) is 8.05. The van der Waals surface area contributed by atoms with Crippen LogP contribution in [0.4, 0.5) is 0 Å². The zero-order valence-corrected chi connectivity index (χ0v) is 23.4. The molecule has 3 rings (SSSR count). The molecule has 0 bridgehead atoms. The molecule has 0 aliphatic heterocycles. The van der Waals surface area contributed by atoms with Gasteiger partial charge in [0.05, 0.1) is 16.3 Å². The van der Waals surface area contributed by atoms with Gasteiger partial charge in [-0.05, 0) is 41.7 Å². The first-order valence-electron chi connectivity index (χ1n) is 12.6. The number of sulfonamides is 1. The minimum absolute atomic E-state index is 0.00176. The van der Waals surface area contributed by atoms with Gasteiger partial charge >= 0.3 is 0 Å². The molecule has 38 heavy (non-hydrogen) atoms. The summed E-state index contributed by atoms with van der Waals surface area (Å²) in [7, 11) is -3.86. The molecule has 1 amide bonds. The number of nitrogens with two attached hydrogens (primary N) is 1. The van der Waals surface area contributed by atoms with E-state index in [1.54, 1.807) is 18.2 Å². The number of hydrogen-bond acceptors (Lipinski definition) is 5. The molecule has 0 fully saturated rings. The highest BCUT2D eigenvalue weighted by molar-refractivity contribution is 7.89. The molecule has 7 nitrogen and oxygen atoms in total. The standard InChI is InChI=1S/C29H34N4O3S2/c1-3-5-17-33(20-22-9-8-10-24(18-22)29(30)32-27(37)4-2)28(34)19-21-13-15-23(16-14-21)25-11-6-7-12-26(25)38(31,35)36/h6-16,18H,3-5,17,19-20H2,1-2H3,(H2,30,32,37)(H2,31,35,36). The van der Waals surface area contributed by atoms with Crippen molar-refractivity contribution in [2.24, 2.45) is 5.14 Å². The number of carbonyl (C=O) groups is 1. The van der Waals surface area contributed by atoms with Crippen LogP contribution in [0.1, 0.15) is 49.8 Å². The fraction of sp³-hybridized carbons (Fsp3) is 0.276. The second kappa shape index (κ2) is 13.4. The van der Waals surface area contributed by atoms with E-state index in [0.29, 0.717) is 35.6 Å². The van der Waals surface area contributed by atoms with Crippen molar-refractivity contribution in [3.63, 3.8) is 0 Å². The van der Waals surface area contributed by atoms with E-state index in [9.17, 15) is 13.2 Å². The highest BCUT2D eigenvalue weighted by Gasteiger charge is 2.17. The zero-order valence-electron chi connectivity index (χ0n) is 21.7. The number of thiocarbonyl (C=S) groups is 1. The van der Waals surface area contributed by atoms with Crippen molar-refractivity contribution in [2.45, 2.75) is 51.0 Å². The van der Waals surface area contributed by atoms with Gasteiger partial charge in [-0.25, -0.2) is 13.6 Å². The lowest BCUT2D eigenvalue weighted by Gasteiger charge is -2.23. The first kappa shape index (κ1) is 29.2. The van der Waals surface area contributed by atoms with Crippen molar-refractivity contribution in [1.29, 1.82) is 5.41 Å². The van der Waals surface area contributed by atoms with Gasteiger partial charge in [-0.2, -0.15) is 0 Å². The monoisotopic (exact) mass is 550 g/mol. The first-order valence-corrected chi connectivity index (χ1v) is 14.5. The summed E-state index contributed by atoms with van der Waals surface area (Å²) in [5.74, 6) is 0.246. The first-order chi connectivity index (χ1) is 18.1. The van der Waals surface area contributed by atoms with E-state index in [4.69, 9.17) is 22.8 Å². The Hall–Kier alpha value is -3.40. The van der Waals surface area contributed by atoms with E-state index in [1.165, 1.54) is 6.07 Å². The van der Waals surface area contributed by atoms with Gasteiger partial charge in [0, 0.05) is 24.2 Å². The predicted molar refractivity (Wildman–Crippen MR) is 157 cm³/mol. The number of rotatable bonds is 11. The minimum Gasteiger partial charge on any atom is -0.338 e. The Bertz CT molecular complexity index is 1400. The number of nitrogens with zero attached hydrogens (tertiary/aromatic N) is 1. The number of hydrogen-bond donors (Lipinski definition) is 3. The third-order valence-electron chi connectivity index (χ3n) is 6.12. The van der Waals surface area contributed by atoms with Crippen LogP contribution in [0.15, 0.2) is 77.7 Å². The third-order valence-corrected chi connectivity index (χ3v) is 7.48. The molecular weight excluding hydrogens is 516 g/mol. The second-order valence-corrected chi connectivity index (χ2v) is 11.1. The Morgan fingerprint density at radius 1 is 1.00 bits per heavy atom. The summed E-state index contributed by atoms with van der Waals surface area (Å²) in [6, 6.07) is 21.5. The average Bonchev–Trinajstić information content (AvgIpc) is 2.91. The molecule has 4 N–H and O–H groups in total. The summed E-state index contributed by atoms with van der Waals surface area (Å²) in [6.45, 7) is 5.10. The number of primary sulfonamides is 1. The van der Waals surface area contributed by atoms with Crippen LogP contribution in [0.2, 0.25) is 0 Å². The lowest BCUT2D eigenvalue weighted by molar-refractivity contribution is -0.131. The van der Waals surface area contributed by atoms with Gasteiger partial charge in [0.15, 0.2) is 0 Å². The Morgan fingerprint density at radius 3 is 2.37 bits per heavy atom. The molecule has 3 aromatic carbocycles. The lowest BCUT2D eigenvalue weighted by atomic mass is 10.0. The largest absolute Gasteiger partial charge is 0.338 e. The van der Waals surface area contributed by atoms with Crippen molar-refractivity contribution in [2.75, 3.05) is 6.54 Å². The molecule has 0 radical (unpaired) electrons. The van der Waals surface area contributed by atoms with E-state index in [0.717, 1.165) is 29.5 Å². The van der Waals surface area contributed by atoms with E-state index in [1.807, 2.05) is 60.4 Å².